The summed E-state index contributed by atoms with van der Waals surface area (Å²) in [4.78, 5) is 0. The van der Waals surface area contributed by atoms with Crippen LogP contribution in [0.25, 0.3) is 0 Å². The van der Waals surface area contributed by atoms with E-state index in [1.807, 2.05) is 0 Å². The summed E-state index contributed by atoms with van der Waals surface area (Å²) >= 11 is 5.58. The summed E-state index contributed by atoms with van der Waals surface area (Å²) in [6.07, 6.45) is 1.82. The first kappa shape index (κ1) is 13.5. The minimum Gasteiger partial charge on any atom is -0.393 e. The van der Waals surface area contributed by atoms with Crippen LogP contribution in [-0.2, 0) is 6.42 Å². The predicted molar refractivity (Wildman–Crippen MR) is 65.2 cm³/mol. The average molecular weight is 245 g/mol. The van der Waals surface area contributed by atoms with Gasteiger partial charge in [-0.15, -0.1) is 0 Å². The lowest BCUT2D eigenvalue weighted by molar-refractivity contribution is 0.157. The molecule has 3 heteroatoms. The van der Waals surface area contributed by atoms with Crippen molar-refractivity contribution in [2.75, 3.05) is 0 Å². The van der Waals surface area contributed by atoms with E-state index in [-0.39, 0.29) is 5.02 Å². The molecule has 0 saturated heterocycles. The van der Waals surface area contributed by atoms with E-state index >= 15 is 0 Å². The monoisotopic (exact) mass is 244 g/mol. The van der Waals surface area contributed by atoms with Gasteiger partial charge in [-0.25, -0.2) is 4.39 Å². The Hall–Kier alpha value is -0.600. The molecule has 0 aliphatic carbocycles. The average Bonchev–Trinajstić information content (AvgIpc) is 2.21. The molecule has 1 nitrogen and oxygen atoms in total. The Kier molecular flexibility index (Phi) is 5.23. The summed E-state index contributed by atoms with van der Waals surface area (Å²) in [5.41, 5.74) is 0.790. The van der Waals surface area contributed by atoms with E-state index in [1.54, 1.807) is 6.07 Å². The Morgan fingerprint density at radius 1 is 1.31 bits per heavy atom. The minimum atomic E-state index is -0.421. The number of hydrogen-bond acceptors (Lipinski definition) is 1. The Morgan fingerprint density at radius 2 is 2.00 bits per heavy atom. The molecule has 0 radical (unpaired) electrons. The molecule has 0 amide bonds. The van der Waals surface area contributed by atoms with E-state index in [0.29, 0.717) is 12.3 Å². The molecule has 0 fully saturated rings. The lowest BCUT2D eigenvalue weighted by Gasteiger charge is -2.12. The second kappa shape index (κ2) is 6.21. The third kappa shape index (κ3) is 4.50. The molecule has 0 aliphatic rings. The molecule has 0 aromatic heterocycles. The van der Waals surface area contributed by atoms with Gasteiger partial charge in [0.25, 0.3) is 0 Å². The highest BCUT2D eigenvalue weighted by Crippen LogP contribution is 2.18. The molecule has 1 unspecified atom stereocenters. The van der Waals surface area contributed by atoms with Crippen LogP contribution in [0.1, 0.15) is 32.3 Å². The SMILES string of the molecule is CC(C)CCC(O)Cc1ccc(Cl)c(F)c1. The third-order valence-electron chi connectivity index (χ3n) is 2.53. The van der Waals surface area contributed by atoms with Gasteiger partial charge in [0.05, 0.1) is 11.1 Å². The van der Waals surface area contributed by atoms with Gasteiger partial charge in [0.2, 0.25) is 0 Å². The van der Waals surface area contributed by atoms with Crippen LogP contribution in [-0.4, -0.2) is 11.2 Å². The molecule has 1 aromatic carbocycles. The Bertz CT molecular complexity index is 339. The van der Waals surface area contributed by atoms with E-state index in [4.69, 9.17) is 11.6 Å². The summed E-state index contributed by atoms with van der Waals surface area (Å²) in [5.74, 6) is 0.159. The van der Waals surface area contributed by atoms with E-state index in [0.717, 1.165) is 18.4 Å². The van der Waals surface area contributed by atoms with Crippen LogP contribution in [0.3, 0.4) is 0 Å². The first-order chi connectivity index (χ1) is 7.49. The Morgan fingerprint density at radius 3 is 2.56 bits per heavy atom. The zero-order valence-electron chi connectivity index (χ0n) is 9.71. The summed E-state index contributed by atoms with van der Waals surface area (Å²) < 4.78 is 13.1. The second-order valence-electron chi connectivity index (χ2n) is 4.58. The minimum absolute atomic E-state index is 0.125. The summed E-state index contributed by atoms with van der Waals surface area (Å²) in [6.45, 7) is 4.24. The summed E-state index contributed by atoms with van der Waals surface area (Å²) in [6, 6.07) is 4.67. The lowest BCUT2D eigenvalue weighted by Crippen LogP contribution is -2.11. The maximum absolute atomic E-state index is 13.1. The van der Waals surface area contributed by atoms with Crippen molar-refractivity contribution in [2.24, 2.45) is 5.92 Å². The molecule has 0 bridgehead atoms. The predicted octanol–water partition coefficient (Wildman–Crippen LogP) is 3.82. The van der Waals surface area contributed by atoms with Gasteiger partial charge in [-0.3, -0.25) is 0 Å². The molecular formula is C13H18ClFO. The molecule has 0 spiro atoms. The Balaban J connectivity index is 2.49. The van der Waals surface area contributed by atoms with Gasteiger partial charge >= 0.3 is 0 Å². The van der Waals surface area contributed by atoms with E-state index in [9.17, 15) is 9.50 Å². The molecular weight excluding hydrogens is 227 g/mol. The molecule has 1 rings (SSSR count). The quantitative estimate of drug-likeness (QED) is 0.835. The standard InChI is InChI=1S/C13H18ClFO/c1-9(2)3-5-11(16)7-10-4-6-12(14)13(15)8-10/h4,6,8-9,11,16H,3,5,7H2,1-2H3. The van der Waals surface area contributed by atoms with Crippen LogP contribution in [0.15, 0.2) is 18.2 Å². The number of benzene rings is 1. The summed E-state index contributed by atoms with van der Waals surface area (Å²) in [5, 5.41) is 9.88. The molecule has 90 valence electrons. The van der Waals surface area contributed by atoms with Crippen molar-refractivity contribution < 1.29 is 9.50 Å². The Labute approximate surface area is 101 Å². The first-order valence-electron chi connectivity index (χ1n) is 5.61. The molecule has 0 aliphatic heterocycles. The van der Waals surface area contributed by atoms with Crippen molar-refractivity contribution in [3.63, 3.8) is 0 Å². The van der Waals surface area contributed by atoms with E-state index in [2.05, 4.69) is 13.8 Å². The number of aliphatic hydroxyl groups excluding tert-OH is 1. The van der Waals surface area contributed by atoms with Crippen LogP contribution in [0.2, 0.25) is 5.02 Å². The van der Waals surface area contributed by atoms with Gasteiger partial charge in [0.15, 0.2) is 0 Å². The van der Waals surface area contributed by atoms with Gasteiger partial charge in [-0.1, -0.05) is 31.5 Å². The zero-order valence-corrected chi connectivity index (χ0v) is 10.5. The van der Waals surface area contributed by atoms with Gasteiger partial charge < -0.3 is 5.11 Å². The number of halogens is 2. The van der Waals surface area contributed by atoms with Gasteiger partial charge in [-0.2, -0.15) is 0 Å². The third-order valence-corrected chi connectivity index (χ3v) is 2.84. The van der Waals surface area contributed by atoms with E-state index in [1.165, 1.54) is 12.1 Å². The number of aliphatic hydroxyl groups is 1. The van der Waals surface area contributed by atoms with Crippen molar-refractivity contribution in [1.82, 2.24) is 0 Å². The zero-order chi connectivity index (χ0) is 12.1. The highest BCUT2D eigenvalue weighted by atomic mass is 35.5. The van der Waals surface area contributed by atoms with Crippen LogP contribution in [0, 0.1) is 11.7 Å². The van der Waals surface area contributed by atoms with Crippen LogP contribution in [0.4, 0.5) is 4.39 Å². The van der Waals surface area contributed by atoms with Crippen molar-refractivity contribution in [3.8, 4) is 0 Å². The molecule has 0 heterocycles. The first-order valence-corrected chi connectivity index (χ1v) is 5.99. The lowest BCUT2D eigenvalue weighted by atomic mass is 10.00. The van der Waals surface area contributed by atoms with Crippen molar-refractivity contribution in [3.05, 3.63) is 34.6 Å². The smallest absolute Gasteiger partial charge is 0.142 e. The fraction of sp³-hybridized carbons (Fsp3) is 0.538. The van der Waals surface area contributed by atoms with E-state index < -0.39 is 11.9 Å². The van der Waals surface area contributed by atoms with Crippen LogP contribution in [0.5, 0.6) is 0 Å². The van der Waals surface area contributed by atoms with Crippen molar-refractivity contribution in [1.29, 1.82) is 0 Å². The van der Waals surface area contributed by atoms with Gasteiger partial charge in [0.1, 0.15) is 5.82 Å². The van der Waals surface area contributed by atoms with Crippen molar-refractivity contribution >= 4 is 11.6 Å². The number of rotatable bonds is 5. The second-order valence-corrected chi connectivity index (χ2v) is 4.98. The molecule has 1 N–H and O–H groups in total. The highest BCUT2D eigenvalue weighted by molar-refractivity contribution is 6.30. The van der Waals surface area contributed by atoms with Crippen molar-refractivity contribution in [2.45, 2.75) is 39.2 Å². The normalized spacial score (nSPS) is 13.1. The summed E-state index contributed by atoms with van der Waals surface area (Å²) in [7, 11) is 0. The van der Waals surface area contributed by atoms with Crippen LogP contribution < -0.4 is 0 Å². The molecule has 0 saturated carbocycles. The largest absolute Gasteiger partial charge is 0.393 e. The highest BCUT2D eigenvalue weighted by Gasteiger charge is 2.08. The fourth-order valence-corrected chi connectivity index (χ4v) is 1.68. The molecule has 16 heavy (non-hydrogen) atoms. The topological polar surface area (TPSA) is 20.2 Å². The number of hydrogen-bond donors (Lipinski definition) is 1. The maximum atomic E-state index is 13.1. The molecule has 1 atom stereocenters. The fourth-order valence-electron chi connectivity index (χ4n) is 1.57. The van der Waals surface area contributed by atoms with Crippen LogP contribution >= 0.6 is 11.6 Å². The maximum Gasteiger partial charge on any atom is 0.142 e. The molecule has 1 aromatic rings. The van der Waals surface area contributed by atoms with Gasteiger partial charge in [0, 0.05) is 0 Å². The van der Waals surface area contributed by atoms with Gasteiger partial charge in [-0.05, 0) is 42.9 Å².